The van der Waals surface area contributed by atoms with E-state index in [0.29, 0.717) is 18.7 Å². The van der Waals surface area contributed by atoms with Gasteiger partial charge in [0.15, 0.2) is 5.96 Å². The molecule has 0 saturated heterocycles. The molecule has 2 rings (SSSR count). The van der Waals surface area contributed by atoms with Gasteiger partial charge in [-0.15, -0.1) is 24.0 Å². The van der Waals surface area contributed by atoms with Crippen molar-refractivity contribution in [2.45, 2.75) is 26.3 Å². The van der Waals surface area contributed by atoms with E-state index in [1.165, 1.54) is 17.7 Å². The highest BCUT2D eigenvalue weighted by Crippen LogP contribution is 2.11. The fraction of sp³-hybridized carbons (Fsp3) is 0.333. The smallest absolute Gasteiger partial charge is 0.251 e. The molecule has 0 spiro atoms. The first-order valence-electron chi connectivity index (χ1n) is 9.27. The van der Waals surface area contributed by atoms with E-state index >= 15 is 0 Å². The second kappa shape index (κ2) is 13.0. The van der Waals surface area contributed by atoms with E-state index < -0.39 is 0 Å². The molecule has 28 heavy (non-hydrogen) atoms. The Hall–Kier alpha value is -2.29. The molecule has 0 fully saturated rings. The van der Waals surface area contributed by atoms with Crippen molar-refractivity contribution < 1.29 is 9.90 Å². The van der Waals surface area contributed by atoms with Gasteiger partial charge in [0.1, 0.15) is 5.75 Å². The van der Waals surface area contributed by atoms with Crippen LogP contribution in [0.1, 0.15) is 42.2 Å². The highest BCUT2D eigenvalue weighted by atomic mass is 127. The van der Waals surface area contributed by atoms with Crippen LogP contribution in [0.25, 0.3) is 0 Å². The van der Waals surface area contributed by atoms with E-state index in [0.717, 1.165) is 18.9 Å². The van der Waals surface area contributed by atoms with Gasteiger partial charge < -0.3 is 21.1 Å². The van der Waals surface area contributed by atoms with Gasteiger partial charge in [0.25, 0.3) is 5.91 Å². The number of nitrogens with zero attached hydrogens (tertiary/aromatic N) is 1. The van der Waals surface area contributed by atoms with E-state index in [4.69, 9.17) is 0 Å². The van der Waals surface area contributed by atoms with Crippen LogP contribution in [0.2, 0.25) is 0 Å². The normalized spacial score (nSPS) is 11.9. The van der Waals surface area contributed by atoms with Crippen molar-refractivity contribution in [3.63, 3.8) is 0 Å². The Kier molecular flexibility index (Phi) is 11.0. The quantitative estimate of drug-likeness (QED) is 0.195. The molecule has 0 saturated carbocycles. The summed E-state index contributed by atoms with van der Waals surface area (Å²) in [6.07, 6.45) is 0.723. The number of amides is 1. The maximum absolute atomic E-state index is 12.0. The first kappa shape index (κ1) is 23.7. The SMILES string of the molecule is CCNC(=NCCCNC(=O)c1cccc(O)c1)NC(C)c1ccccc1.I. The van der Waals surface area contributed by atoms with Crippen LogP contribution in [-0.2, 0) is 0 Å². The first-order valence-corrected chi connectivity index (χ1v) is 9.27. The minimum absolute atomic E-state index is 0. The molecule has 0 aliphatic rings. The zero-order valence-electron chi connectivity index (χ0n) is 16.3. The second-order valence-electron chi connectivity index (χ2n) is 6.20. The lowest BCUT2D eigenvalue weighted by molar-refractivity contribution is 0.0953. The number of carbonyl (C=O) groups excluding carboxylic acids is 1. The third-order valence-corrected chi connectivity index (χ3v) is 4.00. The molecule has 7 heteroatoms. The van der Waals surface area contributed by atoms with Crippen LogP contribution in [0.5, 0.6) is 5.75 Å². The van der Waals surface area contributed by atoms with Crippen LogP contribution < -0.4 is 16.0 Å². The summed E-state index contributed by atoms with van der Waals surface area (Å²) in [5, 5.41) is 18.9. The number of hydrogen-bond donors (Lipinski definition) is 4. The molecule has 0 radical (unpaired) electrons. The number of benzene rings is 2. The number of aromatic hydroxyl groups is 1. The second-order valence-corrected chi connectivity index (χ2v) is 6.20. The maximum Gasteiger partial charge on any atom is 0.251 e. The van der Waals surface area contributed by atoms with Gasteiger partial charge in [0, 0.05) is 25.2 Å². The summed E-state index contributed by atoms with van der Waals surface area (Å²) in [7, 11) is 0. The van der Waals surface area contributed by atoms with Crippen LogP contribution in [0.15, 0.2) is 59.6 Å². The van der Waals surface area contributed by atoms with Crippen molar-refractivity contribution in [3.05, 3.63) is 65.7 Å². The molecule has 1 amide bonds. The molecule has 1 unspecified atom stereocenters. The fourth-order valence-electron chi connectivity index (χ4n) is 2.57. The van der Waals surface area contributed by atoms with E-state index in [9.17, 15) is 9.90 Å². The standard InChI is InChI=1S/C21H28N4O2.HI/c1-3-22-21(25-16(2)17-9-5-4-6-10-17)24-14-8-13-23-20(27)18-11-7-12-19(26)15-18;/h4-7,9-12,15-16,26H,3,8,13-14H2,1-2H3,(H,23,27)(H2,22,24,25);1H. The van der Waals surface area contributed by atoms with Crippen LogP contribution in [0.4, 0.5) is 0 Å². The summed E-state index contributed by atoms with van der Waals surface area (Å²) in [4.78, 5) is 16.6. The van der Waals surface area contributed by atoms with Crippen molar-refractivity contribution in [1.82, 2.24) is 16.0 Å². The summed E-state index contributed by atoms with van der Waals surface area (Å²) in [5.41, 5.74) is 1.65. The molecule has 0 aliphatic carbocycles. The zero-order chi connectivity index (χ0) is 19.5. The molecule has 6 nitrogen and oxygen atoms in total. The molecule has 0 aliphatic heterocycles. The van der Waals surface area contributed by atoms with Crippen LogP contribution >= 0.6 is 24.0 Å². The molecule has 0 aromatic heterocycles. The van der Waals surface area contributed by atoms with Crippen LogP contribution in [-0.4, -0.2) is 36.6 Å². The Bertz CT molecular complexity index is 753. The molecular weight excluding hydrogens is 467 g/mol. The molecule has 2 aromatic rings. The van der Waals surface area contributed by atoms with Gasteiger partial charge in [-0.25, -0.2) is 0 Å². The lowest BCUT2D eigenvalue weighted by Gasteiger charge is -2.18. The van der Waals surface area contributed by atoms with E-state index in [1.54, 1.807) is 12.1 Å². The van der Waals surface area contributed by atoms with E-state index in [1.807, 2.05) is 25.1 Å². The summed E-state index contributed by atoms with van der Waals surface area (Å²) in [6.45, 7) is 6.02. The number of hydrogen-bond acceptors (Lipinski definition) is 3. The van der Waals surface area contributed by atoms with Crippen molar-refractivity contribution >= 4 is 35.8 Å². The average molecular weight is 496 g/mol. The predicted molar refractivity (Wildman–Crippen MR) is 124 cm³/mol. The number of phenols is 1. The minimum atomic E-state index is -0.197. The molecule has 0 bridgehead atoms. The van der Waals surface area contributed by atoms with E-state index in [-0.39, 0.29) is 41.7 Å². The number of guanidine groups is 1. The molecule has 1 atom stereocenters. The molecule has 152 valence electrons. The molecule has 4 N–H and O–H groups in total. The van der Waals surface area contributed by atoms with Crippen LogP contribution in [0, 0.1) is 0 Å². The zero-order valence-corrected chi connectivity index (χ0v) is 18.6. The Morgan fingerprint density at radius 1 is 1.11 bits per heavy atom. The minimum Gasteiger partial charge on any atom is -0.508 e. The lowest BCUT2D eigenvalue weighted by atomic mass is 10.1. The molecule has 2 aromatic carbocycles. The van der Waals surface area contributed by atoms with Gasteiger partial charge >= 0.3 is 0 Å². The number of carbonyl (C=O) groups is 1. The predicted octanol–water partition coefficient (Wildman–Crippen LogP) is 3.45. The third-order valence-electron chi connectivity index (χ3n) is 4.00. The number of nitrogens with one attached hydrogen (secondary N) is 3. The fourth-order valence-corrected chi connectivity index (χ4v) is 2.57. The van der Waals surface area contributed by atoms with Crippen molar-refractivity contribution in [3.8, 4) is 5.75 Å². The van der Waals surface area contributed by atoms with Gasteiger partial charge in [-0.3, -0.25) is 9.79 Å². The Morgan fingerprint density at radius 3 is 2.54 bits per heavy atom. The topological polar surface area (TPSA) is 85.8 Å². The van der Waals surface area contributed by atoms with Gasteiger partial charge in [-0.2, -0.15) is 0 Å². The first-order chi connectivity index (χ1) is 13.1. The summed E-state index contributed by atoms with van der Waals surface area (Å²) >= 11 is 0. The van der Waals surface area contributed by atoms with E-state index in [2.05, 4.69) is 40.0 Å². The molecule has 0 heterocycles. The van der Waals surface area contributed by atoms with Crippen LogP contribution in [0.3, 0.4) is 0 Å². The maximum atomic E-state index is 12.0. The summed E-state index contributed by atoms with van der Waals surface area (Å²) in [5.74, 6) is 0.645. The largest absolute Gasteiger partial charge is 0.508 e. The van der Waals surface area contributed by atoms with Crippen molar-refractivity contribution in [2.75, 3.05) is 19.6 Å². The summed E-state index contributed by atoms with van der Waals surface area (Å²) in [6, 6.07) is 16.7. The Labute approximate surface area is 183 Å². The highest BCUT2D eigenvalue weighted by molar-refractivity contribution is 14.0. The van der Waals surface area contributed by atoms with Gasteiger partial charge in [0.05, 0.1) is 6.04 Å². The average Bonchev–Trinajstić information content (AvgIpc) is 2.68. The summed E-state index contributed by atoms with van der Waals surface area (Å²) < 4.78 is 0. The third kappa shape index (κ3) is 8.16. The van der Waals surface area contributed by atoms with Gasteiger partial charge in [0.2, 0.25) is 0 Å². The van der Waals surface area contributed by atoms with Crippen molar-refractivity contribution in [1.29, 1.82) is 0 Å². The molecular formula is C21H29IN4O2. The number of halogens is 1. The van der Waals surface area contributed by atoms with Crippen molar-refractivity contribution in [2.24, 2.45) is 4.99 Å². The van der Waals surface area contributed by atoms with Gasteiger partial charge in [-0.1, -0.05) is 36.4 Å². The number of rotatable bonds is 8. The number of aliphatic imine (C=N–C) groups is 1. The Balaban J connectivity index is 0.00000392. The monoisotopic (exact) mass is 496 g/mol. The highest BCUT2D eigenvalue weighted by Gasteiger charge is 2.07. The van der Waals surface area contributed by atoms with Gasteiger partial charge in [-0.05, 0) is 44.0 Å². The Morgan fingerprint density at radius 2 is 1.86 bits per heavy atom. The number of phenolic OH excluding ortho intramolecular Hbond substituents is 1. The lowest BCUT2D eigenvalue weighted by Crippen LogP contribution is -2.39.